The predicted octanol–water partition coefficient (Wildman–Crippen LogP) is 3.50. The molecule has 0 saturated heterocycles. The third kappa shape index (κ3) is 2.36. The number of hydrogen-bond acceptors (Lipinski definition) is 5. The lowest BCUT2D eigenvalue weighted by Crippen LogP contribution is -2.04. The Morgan fingerprint density at radius 1 is 1.18 bits per heavy atom. The van der Waals surface area contributed by atoms with E-state index in [-0.39, 0.29) is 6.04 Å². The number of nitrogens with zero attached hydrogens (tertiary/aromatic N) is 4. The Bertz CT molecular complexity index is 789. The van der Waals surface area contributed by atoms with E-state index in [1.807, 2.05) is 35.9 Å². The number of methoxy groups -OCH3 is 1. The van der Waals surface area contributed by atoms with Gasteiger partial charge in [0.1, 0.15) is 5.75 Å². The molecule has 2 aromatic heterocycles. The van der Waals surface area contributed by atoms with Crippen LogP contribution in [0.2, 0.25) is 0 Å². The predicted molar refractivity (Wildman–Crippen MR) is 82.6 cm³/mol. The van der Waals surface area contributed by atoms with Crippen LogP contribution < -0.4 is 4.74 Å². The minimum Gasteiger partial charge on any atom is -0.496 e. The van der Waals surface area contributed by atoms with Gasteiger partial charge in [0, 0.05) is 11.7 Å². The van der Waals surface area contributed by atoms with E-state index in [1.54, 1.807) is 13.3 Å². The van der Waals surface area contributed by atoms with Crippen molar-refractivity contribution in [3.05, 3.63) is 36.2 Å². The van der Waals surface area contributed by atoms with E-state index >= 15 is 0 Å². The summed E-state index contributed by atoms with van der Waals surface area (Å²) < 4.78 is 12.7. The van der Waals surface area contributed by atoms with Crippen molar-refractivity contribution < 1.29 is 9.26 Å². The van der Waals surface area contributed by atoms with Crippen molar-refractivity contribution in [3.63, 3.8) is 0 Å². The molecule has 0 N–H and O–H groups in total. The number of hydrogen-bond donors (Lipinski definition) is 0. The zero-order valence-electron chi connectivity index (χ0n) is 13.1. The maximum atomic E-state index is 5.41. The zero-order valence-corrected chi connectivity index (χ0v) is 13.1. The highest BCUT2D eigenvalue weighted by atomic mass is 16.5. The summed E-state index contributed by atoms with van der Waals surface area (Å²) in [4.78, 5) is 4.48. The SMILES string of the molecule is COc1ccccc1-c1noc(-c2cnn(C(C)C)c2C)n1. The van der Waals surface area contributed by atoms with Crippen LogP contribution in [0.1, 0.15) is 25.6 Å². The highest BCUT2D eigenvalue weighted by molar-refractivity contribution is 5.66. The van der Waals surface area contributed by atoms with Crippen LogP contribution in [-0.2, 0) is 0 Å². The van der Waals surface area contributed by atoms with Crippen molar-refractivity contribution in [1.82, 2.24) is 19.9 Å². The third-order valence-electron chi connectivity index (χ3n) is 3.54. The van der Waals surface area contributed by atoms with Gasteiger partial charge in [-0.25, -0.2) is 0 Å². The highest BCUT2D eigenvalue weighted by Crippen LogP contribution is 2.30. The molecule has 1 aromatic carbocycles. The molecule has 0 amide bonds. The number of aromatic nitrogens is 4. The second-order valence-electron chi connectivity index (χ2n) is 5.31. The van der Waals surface area contributed by atoms with Gasteiger partial charge in [-0.2, -0.15) is 10.1 Å². The van der Waals surface area contributed by atoms with Crippen LogP contribution in [0, 0.1) is 6.92 Å². The molecule has 6 nitrogen and oxygen atoms in total. The first kappa shape index (κ1) is 14.3. The molecule has 3 aromatic rings. The van der Waals surface area contributed by atoms with Crippen molar-refractivity contribution >= 4 is 0 Å². The van der Waals surface area contributed by atoms with Crippen molar-refractivity contribution in [3.8, 4) is 28.6 Å². The van der Waals surface area contributed by atoms with E-state index in [9.17, 15) is 0 Å². The molecular formula is C16H18N4O2. The highest BCUT2D eigenvalue weighted by Gasteiger charge is 2.18. The second-order valence-corrected chi connectivity index (χ2v) is 5.31. The van der Waals surface area contributed by atoms with E-state index < -0.39 is 0 Å². The van der Waals surface area contributed by atoms with Crippen LogP contribution in [0.3, 0.4) is 0 Å². The van der Waals surface area contributed by atoms with Gasteiger partial charge in [-0.3, -0.25) is 4.68 Å². The molecule has 0 atom stereocenters. The fourth-order valence-electron chi connectivity index (χ4n) is 2.43. The van der Waals surface area contributed by atoms with Gasteiger partial charge in [-0.1, -0.05) is 17.3 Å². The van der Waals surface area contributed by atoms with Crippen LogP contribution in [0.15, 0.2) is 35.0 Å². The smallest absolute Gasteiger partial charge is 0.261 e. The van der Waals surface area contributed by atoms with Gasteiger partial charge in [0.25, 0.3) is 5.89 Å². The van der Waals surface area contributed by atoms with Gasteiger partial charge in [0.05, 0.1) is 24.4 Å². The summed E-state index contributed by atoms with van der Waals surface area (Å²) in [5.74, 6) is 1.68. The molecule has 0 bridgehead atoms. The van der Waals surface area contributed by atoms with Crippen molar-refractivity contribution in [2.24, 2.45) is 0 Å². The third-order valence-corrected chi connectivity index (χ3v) is 3.54. The lowest BCUT2D eigenvalue weighted by atomic mass is 10.2. The topological polar surface area (TPSA) is 66.0 Å². The summed E-state index contributed by atoms with van der Waals surface area (Å²) in [6.45, 7) is 6.16. The summed E-state index contributed by atoms with van der Waals surface area (Å²) in [6, 6.07) is 7.87. The molecule has 6 heteroatoms. The van der Waals surface area contributed by atoms with E-state index in [4.69, 9.17) is 9.26 Å². The van der Waals surface area contributed by atoms with E-state index in [0.717, 1.165) is 16.8 Å². The maximum Gasteiger partial charge on any atom is 0.261 e. The van der Waals surface area contributed by atoms with Gasteiger partial charge < -0.3 is 9.26 Å². The fourth-order valence-corrected chi connectivity index (χ4v) is 2.43. The van der Waals surface area contributed by atoms with Crippen LogP contribution in [0.4, 0.5) is 0 Å². The minimum absolute atomic E-state index is 0.283. The van der Waals surface area contributed by atoms with E-state index in [1.165, 1.54) is 0 Å². The van der Waals surface area contributed by atoms with Gasteiger partial charge in [0.2, 0.25) is 5.82 Å². The first-order valence-electron chi connectivity index (χ1n) is 7.13. The Labute approximate surface area is 128 Å². The molecule has 22 heavy (non-hydrogen) atoms. The monoisotopic (exact) mass is 298 g/mol. The zero-order chi connectivity index (χ0) is 15.7. The van der Waals surface area contributed by atoms with Crippen molar-refractivity contribution in [2.45, 2.75) is 26.8 Å². The lowest BCUT2D eigenvalue weighted by molar-refractivity contribution is 0.413. The quantitative estimate of drug-likeness (QED) is 0.737. The summed E-state index contributed by atoms with van der Waals surface area (Å²) >= 11 is 0. The molecule has 2 heterocycles. The normalized spacial score (nSPS) is 11.1. The Morgan fingerprint density at radius 3 is 2.64 bits per heavy atom. The molecule has 0 aliphatic rings. The average Bonchev–Trinajstić information content (AvgIpc) is 3.13. The Hall–Kier alpha value is -2.63. The number of rotatable bonds is 4. The summed E-state index contributed by atoms with van der Waals surface area (Å²) in [7, 11) is 1.62. The second kappa shape index (κ2) is 5.63. The standard InChI is InChI=1S/C16H18N4O2/c1-10(2)20-11(3)13(9-17-20)16-18-15(19-22-16)12-7-5-6-8-14(12)21-4/h5-10H,1-4H3. The molecule has 0 radical (unpaired) electrons. The van der Waals surface area contributed by atoms with Crippen LogP contribution in [-0.4, -0.2) is 27.0 Å². The van der Waals surface area contributed by atoms with Crippen LogP contribution >= 0.6 is 0 Å². The molecular weight excluding hydrogens is 280 g/mol. The Balaban J connectivity index is 2.01. The van der Waals surface area contributed by atoms with Gasteiger partial charge in [0.15, 0.2) is 0 Å². The fraction of sp³-hybridized carbons (Fsp3) is 0.312. The summed E-state index contributed by atoms with van der Waals surface area (Å²) in [6.07, 6.45) is 1.76. The number of benzene rings is 1. The molecule has 0 saturated carbocycles. The van der Waals surface area contributed by atoms with E-state index in [0.29, 0.717) is 17.5 Å². The maximum absolute atomic E-state index is 5.41. The van der Waals surface area contributed by atoms with Gasteiger partial charge in [-0.15, -0.1) is 0 Å². The number of ether oxygens (including phenoxy) is 1. The molecule has 114 valence electrons. The van der Waals surface area contributed by atoms with Crippen LogP contribution in [0.25, 0.3) is 22.8 Å². The number of para-hydroxylation sites is 1. The first-order valence-corrected chi connectivity index (χ1v) is 7.13. The van der Waals surface area contributed by atoms with Gasteiger partial charge >= 0.3 is 0 Å². The van der Waals surface area contributed by atoms with Crippen LogP contribution in [0.5, 0.6) is 5.75 Å². The summed E-state index contributed by atoms with van der Waals surface area (Å²) in [5, 5.41) is 8.44. The van der Waals surface area contributed by atoms with E-state index in [2.05, 4.69) is 29.1 Å². The molecule has 0 aliphatic carbocycles. The average molecular weight is 298 g/mol. The first-order chi connectivity index (χ1) is 10.6. The van der Waals surface area contributed by atoms with Crippen molar-refractivity contribution in [1.29, 1.82) is 0 Å². The molecule has 0 fully saturated rings. The Morgan fingerprint density at radius 2 is 1.95 bits per heavy atom. The molecule has 3 rings (SSSR count). The molecule has 0 unspecified atom stereocenters. The van der Waals surface area contributed by atoms with Crippen molar-refractivity contribution in [2.75, 3.05) is 7.11 Å². The summed E-state index contributed by atoms with van der Waals surface area (Å²) in [5.41, 5.74) is 2.65. The minimum atomic E-state index is 0.283. The Kier molecular flexibility index (Phi) is 3.66. The largest absolute Gasteiger partial charge is 0.496 e. The lowest BCUT2D eigenvalue weighted by Gasteiger charge is -2.07. The molecule has 0 spiro atoms. The molecule has 0 aliphatic heterocycles. The van der Waals surface area contributed by atoms with Gasteiger partial charge in [-0.05, 0) is 32.9 Å².